The Morgan fingerprint density at radius 1 is 1.07 bits per heavy atom. The monoisotopic (exact) mass is 632 g/mol. The molecule has 0 bridgehead atoms. The number of fused-ring (bicyclic) bond motifs is 1. The zero-order valence-electron chi connectivity index (χ0n) is 24.5. The van der Waals surface area contributed by atoms with Gasteiger partial charge in [0.05, 0.1) is 27.9 Å². The summed E-state index contributed by atoms with van der Waals surface area (Å²) in [6, 6.07) is 7.82. The molecule has 0 aliphatic rings. The van der Waals surface area contributed by atoms with Crippen molar-refractivity contribution in [3.05, 3.63) is 76.3 Å². The van der Waals surface area contributed by atoms with Gasteiger partial charge in [-0.3, -0.25) is 14.3 Å². The Balaban J connectivity index is 1.98. The minimum Gasteiger partial charge on any atom is -0.454 e. The molecule has 3 N–H and O–H groups in total. The van der Waals surface area contributed by atoms with Crippen LogP contribution in [0.5, 0.6) is 11.5 Å². The SMILES string of the molecule is CCS(=O)(=O)Nc1cc(-c2cn(C)c(=O)c3ccn(COCC[Si](C)(C)C)c23)c(Oc2ccc(F)cc2F)cc1C(N)=O. The average molecular weight is 633 g/mol. The van der Waals surface area contributed by atoms with Crippen LogP contribution in [0.25, 0.3) is 22.0 Å². The Morgan fingerprint density at radius 2 is 1.79 bits per heavy atom. The number of aromatic nitrogens is 2. The summed E-state index contributed by atoms with van der Waals surface area (Å²) >= 11 is 0. The largest absolute Gasteiger partial charge is 0.454 e. The number of hydrogen-bond acceptors (Lipinski definition) is 6. The van der Waals surface area contributed by atoms with Crippen LogP contribution in [0.15, 0.2) is 53.6 Å². The van der Waals surface area contributed by atoms with Gasteiger partial charge in [0.2, 0.25) is 10.0 Å². The van der Waals surface area contributed by atoms with Gasteiger partial charge >= 0.3 is 0 Å². The first-order valence-corrected chi connectivity index (χ1v) is 18.8. The highest BCUT2D eigenvalue weighted by Gasteiger charge is 2.24. The third-order valence-electron chi connectivity index (χ3n) is 6.75. The van der Waals surface area contributed by atoms with Crippen molar-refractivity contribution in [1.29, 1.82) is 0 Å². The second-order valence-corrected chi connectivity index (χ2v) is 18.9. The minimum atomic E-state index is -3.87. The lowest BCUT2D eigenvalue weighted by Crippen LogP contribution is -2.22. The highest BCUT2D eigenvalue weighted by molar-refractivity contribution is 7.92. The zero-order chi connectivity index (χ0) is 31.7. The van der Waals surface area contributed by atoms with E-state index >= 15 is 0 Å². The molecule has 0 fully saturated rings. The molecule has 2 aromatic carbocycles. The molecule has 0 aliphatic carbocycles. The summed E-state index contributed by atoms with van der Waals surface area (Å²) in [5.74, 6) is -3.54. The van der Waals surface area contributed by atoms with Gasteiger partial charge in [0.15, 0.2) is 11.6 Å². The molecule has 4 aromatic rings. The van der Waals surface area contributed by atoms with E-state index in [0.29, 0.717) is 29.1 Å². The van der Waals surface area contributed by atoms with Crippen molar-refractivity contribution < 1.29 is 31.5 Å². The summed E-state index contributed by atoms with van der Waals surface area (Å²) in [5, 5.41) is 0.336. The van der Waals surface area contributed by atoms with Crippen molar-refractivity contribution in [3.63, 3.8) is 0 Å². The molecule has 10 nitrogen and oxygen atoms in total. The number of nitrogens with two attached hydrogens (primary N) is 1. The van der Waals surface area contributed by atoms with E-state index in [2.05, 4.69) is 24.4 Å². The minimum absolute atomic E-state index is 0.0916. The van der Waals surface area contributed by atoms with Gasteiger partial charge in [-0.05, 0) is 43.3 Å². The molecule has 14 heteroatoms. The number of benzene rings is 2. The van der Waals surface area contributed by atoms with Crippen molar-refractivity contribution in [2.45, 2.75) is 39.3 Å². The molecule has 230 valence electrons. The van der Waals surface area contributed by atoms with Crippen LogP contribution < -0.4 is 20.8 Å². The molecule has 0 spiro atoms. The number of nitrogens with zero attached hydrogens (tertiary/aromatic N) is 2. The van der Waals surface area contributed by atoms with Crippen molar-refractivity contribution in [1.82, 2.24) is 9.13 Å². The Kier molecular flexibility index (Phi) is 9.13. The number of hydrogen-bond donors (Lipinski definition) is 2. The van der Waals surface area contributed by atoms with Gasteiger partial charge in [-0.25, -0.2) is 17.2 Å². The molecular weight excluding hydrogens is 598 g/mol. The molecule has 4 rings (SSSR count). The third-order valence-corrected chi connectivity index (χ3v) is 9.75. The number of pyridine rings is 1. The van der Waals surface area contributed by atoms with Crippen molar-refractivity contribution in [2.24, 2.45) is 12.8 Å². The van der Waals surface area contributed by atoms with Crippen LogP contribution in [0, 0.1) is 11.6 Å². The number of rotatable bonds is 12. The Labute approximate surface area is 249 Å². The summed E-state index contributed by atoms with van der Waals surface area (Å²) in [6.45, 7) is 8.75. The smallest absolute Gasteiger partial charge is 0.259 e. The molecule has 0 unspecified atom stereocenters. The lowest BCUT2D eigenvalue weighted by molar-refractivity contribution is 0.0903. The molecule has 43 heavy (non-hydrogen) atoms. The van der Waals surface area contributed by atoms with Crippen LogP contribution in [0.4, 0.5) is 14.5 Å². The molecule has 2 heterocycles. The molecule has 2 aromatic heterocycles. The Hall–Kier alpha value is -4.01. The number of anilines is 1. The fourth-order valence-corrected chi connectivity index (χ4v) is 5.78. The van der Waals surface area contributed by atoms with E-state index in [1.54, 1.807) is 23.9 Å². The molecule has 0 saturated heterocycles. The van der Waals surface area contributed by atoms with Crippen LogP contribution in [-0.2, 0) is 28.5 Å². The van der Waals surface area contributed by atoms with Crippen molar-refractivity contribution in [2.75, 3.05) is 17.1 Å². The maximum absolute atomic E-state index is 14.7. The fraction of sp³-hybridized carbons (Fsp3) is 0.310. The predicted octanol–water partition coefficient (Wildman–Crippen LogP) is 5.25. The summed E-state index contributed by atoms with van der Waals surface area (Å²) < 4.78 is 70.7. The van der Waals surface area contributed by atoms with Crippen LogP contribution in [0.1, 0.15) is 17.3 Å². The number of ether oxygens (including phenoxy) is 2. The first-order valence-electron chi connectivity index (χ1n) is 13.5. The normalized spacial score (nSPS) is 12.1. The number of carbonyl (C=O) groups is 1. The van der Waals surface area contributed by atoms with Crippen LogP contribution >= 0.6 is 0 Å². The van der Waals surface area contributed by atoms with Gasteiger partial charge in [-0.2, -0.15) is 0 Å². The quantitative estimate of drug-likeness (QED) is 0.162. The van der Waals surface area contributed by atoms with Crippen LogP contribution in [0.2, 0.25) is 25.7 Å². The van der Waals surface area contributed by atoms with Gasteiger partial charge < -0.3 is 24.3 Å². The zero-order valence-corrected chi connectivity index (χ0v) is 26.3. The highest BCUT2D eigenvalue weighted by Crippen LogP contribution is 2.41. The Morgan fingerprint density at radius 3 is 2.42 bits per heavy atom. The summed E-state index contributed by atoms with van der Waals surface area (Å²) in [6.07, 6.45) is 3.22. The van der Waals surface area contributed by atoms with E-state index in [1.807, 2.05) is 0 Å². The number of nitrogens with one attached hydrogen (secondary N) is 1. The fourth-order valence-electron chi connectivity index (χ4n) is 4.37. The summed E-state index contributed by atoms with van der Waals surface area (Å²) in [5.41, 5.74) is 5.95. The van der Waals surface area contributed by atoms with Crippen molar-refractivity contribution >= 4 is 40.6 Å². The molecule has 0 atom stereocenters. The standard InChI is InChI=1S/C29H34F2N4O6SSi/c1-6-42(38,39)33-24-14-20(26(15-21(24)28(32)36)41-25-8-7-18(30)13-23(25)31)22-16-34(2)29(37)19-9-10-35(27(19)22)17-40-11-12-43(3,4)5/h7-10,13-16,33H,6,11-12,17H2,1-5H3,(H2,32,36). The summed E-state index contributed by atoms with van der Waals surface area (Å²) in [7, 11) is -3.68. The lowest BCUT2D eigenvalue weighted by Gasteiger charge is -2.19. The second-order valence-electron chi connectivity index (χ2n) is 11.3. The number of primary amides is 1. The lowest BCUT2D eigenvalue weighted by atomic mass is 10.00. The van der Waals surface area contributed by atoms with E-state index in [-0.39, 0.29) is 46.4 Å². The molecule has 0 aliphatic heterocycles. The van der Waals surface area contributed by atoms with E-state index < -0.39 is 35.6 Å². The number of carbonyl (C=O) groups excluding carboxylic acids is 1. The topological polar surface area (TPSA) is 135 Å². The molecule has 0 radical (unpaired) electrons. The first kappa shape index (κ1) is 31.9. The van der Waals surface area contributed by atoms with E-state index in [9.17, 15) is 26.8 Å². The van der Waals surface area contributed by atoms with E-state index in [1.165, 1.54) is 29.8 Å². The van der Waals surface area contributed by atoms with Crippen LogP contribution in [0.3, 0.4) is 0 Å². The van der Waals surface area contributed by atoms with Crippen LogP contribution in [-0.4, -0.2) is 43.9 Å². The van der Waals surface area contributed by atoms with Gasteiger partial charge in [-0.1, -0.05) is 19.6 Å². The first-order chi connectivity index (χ1) is 20.1. The van der Waals surface area contributed by atoms with Gasteiger partial charge in [0, 0.05) is 51.3 Å². The number of aryl methyl sites for hydroxylation is 1. The third kappa shape index (κ3) is 7.32. The predicted molar refractivity (Wildman–Crippen MR) is 165 cm³/mol. The maximum atomic E-state index is 14.7. The van der Waals surface area contributed by atoms with E-state index in [4.69, 9.17) is 15.2 Å². The number of amides is 1. The maximum Gasteiger partial charge on any atom is 0.259 e. The second kappa shape index (κ2) is 12.3. The van der Waals surface area contributed by atoms with Gasteiger partial charge in [-0.15, -0.1) is 0 Å². The number of halogens is 2. The molecular formula is C29H34F2N4O6SSi. The highest BCUT2D eigenvalue weighted by atomic mass is 32.2. The van der Waals surface area contributed by atoms with Crippen molar-refractivity contribution in [3.8, 4) is 22.6 Å². The molecule has 0 saturated carbocycles. The Bertz CT molecular complexity index is 1870. The average Bonchev–Trinajstić information content (AvgIpc) is 3.34. The van der Waals surface area contributed by atoms with Gasteiger partial charge in [0.1, 0.15) is 18.3 Å². The number of sulfonamides is 1. The molecule has 1 amide bonds. The van der Waals surface area contributed by atoms with Gasteiger partial charge in [0.25, 0.3) is 11.5 Å². The summed E-state index contributed by atoms with van der Waals surface area (Å²) in [4.78, 5) is 25.6. The van der Waals surface area contributed by atoms with E-state index in [0.717, 1.165) is 18.2 Å².